The summed E-state index contributed by atoms with van der Waals surface area (Å²) in [7, 11) is -1.23. The molecule has 0 heterocycles. The molecule has 0 aromatic rings. The van der Waals surface area contributed by atoms with Gasteiger partial charge in [-0.25, -0.2) is 8.42 Å². The van der Waals surface area contributed by atoms with Gasteiger partial charge in [-0.15, -0.1) is 0 Å². The van der Waals surface area contributed by atoms with Gasteiger partial charge in [0.15, 0.2) is 0 Å². The standard InChI is InChI=1S/C12H23NO5S/c1-13(7-8-19(2,17)18)9-12(16)5-3-10(4-6-12)11(14)15/h10,16H,3-9H2,1-2H3,(H,14,15). The molecule has 0 saturated heterocycles. The van der Waals surface area contributed by atoms with E-state index in [2.05, 4.69) is 0 Å². The number of carboxylic acids is 1. The fraction of sp³-hybridized carbons (Fsp3) is 0.917. The van der Waals surface area contributed by atoms with Gasteiger partial charge < -0.3 is 15.1 Å². The summed E-state index contributed by atoms with van der Waals surface area (Å²) in [5.41, 5.74) is -0.891. The highest BCUT2D eigenvalue weighted by Crippen LogP contribution is 2.32. The Bertz CT molecular complexity index is 412. The molecule has 2 N–H and O–H groups in total. The van der Waals surface area contributed by atoms with Crippen LogP contribution in [0.1, 0.15) is 25.7 Å². The summed E-state index contributed by atoms with van der Waals surface area (Å²) < 4.78 is 22.1. The summed E-state index contributed by atoms with van der Waals surface area (Å²) in [6.45, 7) is 0.762. The number of aliphatic carboxylic acids is 1. The second-order valence-corrected chi connectivity index (χ2v) is 7.96. The number of sulfone groups is 1. The van der Waals surface area contributed by atoms with Gasteiger partial charge in [0.2, 0.25) is 0 Å². The number of hydrogen-bond donors (Lipinski definition) is 2. The average Bonchev–Trinajstić information content (AvgIpc) is 2.25. The summed E-state index contributed by atoms with van der Waals surface area (Å²) in [6, 6.07) is 0. The van der Waals surface area contributed by atoms with Crippen molar-refractivity contribution in [2.45, 2.75) is 31.3 Å². The van der Waals surface area contributed by atoms with E-state index in [0.29, 0.717) is 38.8 Å². The molecule has 1 rings (SSSR count). The first-order valence-corrected chi connectivity index (χ1v) is 8.49. The topological polar surface area (TPSA) is 94.9 Å². The lowest BCUT2D eigenvalue weighted by molar-refractivity contribution is -0.145. The molecule has 0 aromatic carbocycles. The van der Waals surface area contributed by atoms with Crippen molar-refractivity contribution in [3.63, 3.8) is 0 Å². The molecule has 112 valence electrons. The van der Waals surface area contributed by atoms with Gasteiger partial charge in [0.25, 0.3) is 0 Å². The van der Waals surface area contributed by atoms with Crippen LogP contribution in [0.4, 0.5) is 0 Å². The van der Waals surface area contributed by atoms with E-state index in [1.165, 1.54) is 6.26 Å². The van der Waals surface area contributed by atoms with Crippen LogP contribution >= 0.6 is 0 Å². The van der Waals surface area contributed by atoms with E-state index >= 15 is 0 Å². The minimum absolute atomic E-state index is 0.0668. The van der Waals surface area contributed by atoms with Gasteiger partial charge in [0.05, 0.1) is 17.3 Å². The molecule has 0 spiro atoms. The highest BCUT2D eigenvalue weighted by Gasteiger charge is 2.36. The Hall–Kier alpha value is -0.660. The second-order valence-electron chi connectivity index (χ2n) is 5.70. The van der Waals surface area contributed by atoms with Gasteiger partial charge in [-0.3, -0.25) is 4.79 Å². The van der Waals surface area contributed by atoms with Crippen LogP contribution in [0.5, 0.6) is 0 Å². The molecule has 1 saturated carbocycles. The van der Waals surface area contributed by atoms with Crippen LogP contribution < -0.4 is 0 Å². The molecule has 0 radical (unpaired) electrons. The van der Waals surface area contributed by atoms with Crippen LogP contribution in [-0.4, -0.2) is 67.2 Å². The molecule has 0 aromatic heterocycles. The SMILES string of the molecule is CN(CCS(C)(=O)=O)CC1(O)CCC(C(=O)O)CC1. The van der Waals surface area contributed by atoms with Crippen LogP contribution in [-0.2, 0) is 14.6 Å². The van der Waals surface area contributed by atoms with Crippen molar-refractivity contribution in [1.82, 2.24) is 4.90 Å². The quantitative estimate of drug-likeness (QED) is 0.714. The molecule has 0 amide bonds. The zero-order valence-electron chi connectivity index (χ0n) is 11.5. The third-order valence-electron chi connectivity index (χ3n) is 3.67. The maximum Gasteiger partial charge on any atom is 0.306 e. The average molecular weight is 293 g/mol. The maximum absolute atomic E-state index is 11.1. The van der Waals surface area contributed by atoms with Gasteiger partial charge in [0, 0.05) is 19.3 Å². The lowest BCUT2D eigenvalue weighted by atomic mass is 9.78. The molecular formula is C12H23NO5S. The smallest absolute Gasteiger partial charge is 0.306 e. The minimum atomic E-state index is -3.00. The van der Waals surface area contributed by atoms with Gasteiger partial charge in [-0.05, 0) is 32.7 Å². The van der Waals surface area contributed by atoms with Crippen molar-refractivity contribution >= 4 is 15.8 Å². The molecule has 7 heteroatoms. The lowest BCUT2D eigenvalue weighted by Crippen LogP contribution is -2.46. The van der Waals surface area contributed by atoms with Crippen molar-refractivity contribution in [3.05, 3.63) is 0 Å². The first-order valence-electron chi connectivity index (χ1n) is 6.43. The van der Waals surface area contributed by atoms with Crippen LogP contribution in [0.25, 0.3) is 0 Å². The number of aliphatic hydroxyl groups is 1. The predicted molar refractivity (Wildman–Crippen MR) is 71.8 cm³/mol. The first-order chi connectivity index (χ1) is 8.61. The molecule has 1 fully saturated rings. The fourth-order valence-corrected chi connectivity index (χ4v) is 3.11. The number of carbonyl (C=O) groups is 1. The van der Waals surface area contributed by atoms with Gasteiger partial charge in [-0.2, -0.15) is 0 Å². The van der Waals surface area contributed by atoms with Crippen LogP contribution in [0, 0.1) is 5.92 Å². The highest BCUT2D eigenvalue weighted by molar-refractivity contribution is 7.90. The van der Waals surface area contributed by atoms with E-state index in [4.69, 9.17) is 5.11 Å². The fourth-order valence-electron chi connectivity index (χ4n) is 2.46. The molecule has 1 aliphatic carbocycles. The van der Waals surface area contributed by atoms with E-state index in [1.807, 2.05) is 0 Å². The molecule has 1 aliphatic rings. The zero-order valence-corrected chi connectivity index (χ0v) is 12.3. The Morgan fingerprint density at radius 1 is 1.37 bits per heavy atom. The van der Waals surface area contributed by atoms with Crippen molar-refractivity contribution in [2.75, 3.05) is 32.1 Å². The summed E-state index contributed by atoms with van der Waals surface area (Å²) in [5, 5.41) is 19.3. The Morgan fingerprint density at radius 3 is 2.32 bits per heavy atom. The van der Waals surface area contributed by atoms with Gasteiger partial charge >= 0.3 is 5.97 Å². The zero-order chi connectivity index (χ0) is 14.7. The Morgan fingerprint density at radius 2 is 1.89 bits per heavy atom. The van der Waals surface area contributed by atoms with E-state index in [9.17, 15) is 18.3 Å². The number of carboxylic acid groups (broad SMARTS) is 1. The summed E-state index contributed by atoms with van der Waals surface area (Å²) in [4.78, 5) is 12.6. The molecule has 6 nitrogen and oxygen atoms in total. The van der Waals surface area contributed by atoms with Crippen molar-refractivity contribution in [3.8, 4) is 0 Å². The summed E-state index contributed by atoms with van der Waals surface area (Å²) in [6.07, 6.45) is 3.05. The lowest BCUT2D eigenvalue weighted by Gasteiger charge is -2.37. The Balaban J connectivity index is 2.42. The molecular weight excluding hydrogens is 270 g/mol. The minimum Gasteiger partial charge on any atom is -0.481 e. The number of rotatable bonds is 6. The molecule has 19 heavy (non-hydrogen) atoms. The van der Waals surface area contributed by atoms with E-state index < -0.39 is 21.4 Å². The van der Waals surface area contributed by atoms with Crippen molar-refractivity contribution in [1.29, 1.82) is 0 Å². The van der Waals surface area contributed by atoms with Crippen LogP contribution in [0.15, 0.2) is 0 Å². The van der Waals surface area contributed by atoms with E-state index in [-0.39, 0.29) is 11.7 Å². The highest BCUT2D eigenvalue weighted by atomic mass is 32.2. The predicted octanol–water partition coefficient (Wildman–Crippen LogP) is -0.0313. The molecule has 0 unspecified atom stereocenters. The Labute approximate surface area is 114 Å². The largest absolute Gasteiger partial charge is 0.481 e. The molecule has 0 aliphatic heterocycles. The number of nitrogens with zero attached hydrogens (tertiary/aromatic N) is 1. The second kappa shape index (κ2) is 6.19. The summed E-state index contributed by atoms with van der Waals surface area (Å²) >= 11 is 0. The molecule has 0 bridgehead atoms. The monoisotopic (exact) mass is 293 g/mol. The van der Waals surface area contributed by atoms with E-state index in [0.717, 1.165) is 0 Å². The normalized spacial score (nSPS) is 28.5. The summed E-state index contributed by atoms with van der Waals surface area (Å²) in [5.74, 6) is -1.09. The number of hydrogen-bond acceptors (Lipinski definition) is 5. The van der Waals surface area contributed by atoms with Gasteiger partial charge in [-0.1, -0.05) is 0 Å². The van der Waals surface area contributed by atoms with Crippen LogP contribution in [0.2, 0.25) is 0 Å². The molecule has 0 atom stereocenters. The Kier molecular flexibility index (Phi) is 5.34. The third-order valence-corrected chi connectivity index (χ3v) is 4.60. The van der Waals surface area contributed by atoms with Gasteiger partial charge in [0.1, 0.15) is 9.84 Å². The van der Waals surface area contributed by atoms with Crippen molar-refractivity contribution in [2.24, 2.45) is 5.92 Å². The van der Waals surface area contributed by atoms with Crippen LogP contribution in [0.3, 0.4) is 0 Å². The van der Waals surface area contributed by atoms with E-state index in [1.54, 1.807) is 11.9 Å². The van der Waals surface area contributed by atoms with Crippen molar-refractivity contribution < 1.29 is 23.4 Å². The number of likely N-dealkylation sites (N-methyl/N-ethyl adjacent to an activating group) is 1. The maximum atomic E-state index is 11.1. The first kappa shape index (κ1) is 16.4. The third kappa shape index (κ3) is 5.88.